The third kappa shape index (κ3) is 6.94. The van der Waals surface area contributed by atoms with Crippen molar-refractivity contribution in [2.24, 2.45) is 0 Å². The van der Waals surface area contributed by atoms with Gasteiger partial charge in [-0.15, -0.1) is 0 Å². The largest absolute Gasteiger partial charge is 0.494 e. The van der Waals surface area contributed by atoms with E-state index in [4.69, 9.17) is 21.1 Å². The Balaban J connectivity index is 1.37. The fraction of sp³-hybridized carbons (Fsp3) is 0.435. The van der Waals surface area contributed by atoms with Crippen molar-refractivity contribution in [3.05, 3.63) is 59.1 Å². The van der Waals surface area contributed by atoms with Crippen LogP contribution in [0, 0.1) is 0 Å². The Hall–Kier alpha value is -2.24. The summed E-state index contributed by atoms with van der Waals surface area (Å²) in [7, 11) is 0. The molecule has 1 aliphatic rings. The van der Waals surface area contributed by atoms with Crippen LogP contribution in [0.15, 0.2) is 48.5 Å². The van der Waals surface area contributed by atoms with E-state index in [9.17, 15) is 4.79 Å². The molecular formula is C23H29ClN2O3. The number of unbranched alkanes of at least 4 members (excludes halogenated alkanes) is 1. The fourth-order valence-electron chi connectivity index (χ4n) is 3.21. The number of ether oxygens (including phenoxy) is 2. The number of carbonyl (C=O) groups excluding carboxylic acids is 1. The number of benzene rings is 2. The Labute approximate surface area is 178 Å². The number of amides is 1. The van der Waals surface area contributed by atoms with Gasteiger partial charge in [0.15, 0.2) is 6.61 Å². The molecular weight excluding hydrogens is 388 g/mol. The van der Waals surface area contributed by atoms with Crippen LogP contribution >= 0.6 is 11.6 Å². The van der Waals surface area contributed by atoms with Crippen LogP contribution < -0.4 is 9.47 Å². The van der Waals surface area contributed by atoms with Gasteiger partial charge in [-0.1, -0.05) is 37.1 Å². The van der Waals surface area contributed by atoms with Gasteiger partial charge in [-0.25, -0.2) is 0 Å². The first-order valence-corrected chi connectivity index (χ1v) is 10.6. The van der Waals surface area contributed by atoms with Gasteiger partial charge in [-0.2, -0.15) is 0 Å². The Morgan fingerprint density at radius 3 is 2.17 bits per heavy atom. The summed E-state index contributed by atoms with van der Waals surface area (Å²) in [5.74, 6) is 1.54. The van der Waals surface area contributed by atoms with Gasteiger partial charge in [0.2, 0.25) is 0 Å². The van der Waals surface area contributed by atoms with Gasteiger partial charge in [0, 0.05) is 37.7 Å². The number of rotatable bonds is 9. The molecule has 0 saturated carbocycles. The summed E-state index contributed by atoms with van der Waals surface area (Å²) < 4.78 is 11.3. The predicted octanol–water partition coefficient (Wildman–Crippen LogP) is 4.24. The van der Waals surface area contributed by atoms with Crippen LogP contribution in [-0.4, -0.2) is 55.1 Å². The summed E-state index contributed by atoms with van der Waals surface area (Å²) in [6.07, 6.45) is 2.15. The van der Waals surface area contributed by atoms with Crippen LogP contribution in [0.25, 0.3) is 0 Å². The molecule has 6 heteroatoms. The molecule has 3 rings (SSSR count). The molecule has 0 radical (unpaired) electrons. The highest BCUT2D eigenvalue weighted by molar-refractivity contribution is 6.30. The van der Waals surface area contributed by atoms with Crippen LogP contribution in [-0.2, 0) is 11.3 Å². The van der Waals surface area contributed by atoms with Crippen LogP contribution in [0.1, 0.15) is 25.3 Å². The maximum Gasteiger partial charge on any atom is 0.260 e. The molecule has 1 amide bonds. The smallest absolute Gasteiger partial charge is 0.260 e. The predicted molar refractivity (Wildman–Crippen MR) is 116 cm³/mol. The van der Waals surface area contributed by atoms with Crippen LogP contribution in [0.3, 0.4) is 0 Å². The molecule has 2 aromatic carbocycles. The van der Waals surface area contributed by atoms with Gasteiger partial charge in [-0.05, 0) is 48.4 Å². The molecule has 0 aliphatic carbocycles. The van der Waals surface area contributed by atoms with Gasteiger partial charge in [0.1, 0.15) is 11.5 Å². The Kier molecular flexibility index (Phi) is 8.20. The molecule has 2 aromatic rings. The zero-order chi connectivity index (χ0) is 20.5. The minimum Gasteiger partial charge on any atom is -0.494 e. The van der Waals surface area contributed by atoms with Crippen molar-refractivity contribution >= 4 is 17.5 Å². The third-order valence-electron chi connectivity index (χ3n) is 5.00. The van der Waals surface area contributed by atoms with E-state index in [1.807, 2.05) is 53.4 Å². The zero-order valence-electron chi connectivity index (χ0n) is 17.0. The van der Waals surface area contributed by atoms with E-state index in [1.165, 1.54) is 5.56 Å². The van der Waals surface area contributed by atoms with Crippen molar-refractivity contribution in [2.45, 2.75) is 26.3 Å². The second-order valence-corrected chi connectivity index (χ2v) is 7.68. The van der Waals surface area contributed by atoms with Gasteiger partial charge >= 0.3 is 0 Å². The lowest BCUT2D eigenvalue weighted by Gasteiger charge is -2.34. The molecule has 1 fully saturated rings. The van der Waals surface area contributed by atoms with E-state index >= 15 is 0 Å². The lowest BCUT2D eigenvalue weighted by atomic mass is 10.2. The molecule has 0 spiro atoms. The lowest BCUT2D eigenvalue weighted by Crippen LogP contribution is -2.49. The monoisotopic (exact) mass is 416 g/mol. The molecule has 5 nitrogen and oxygen atoms in total. The molecule has 29 heavy (non-hydrogen) atoms. The average molecular weight is 417 g/mol. The molecule has 0 N–H and O–H groups in total. The molecule has 0 bridgehead atoms. The first-order valence-electron chi connectivity index (χ1n) is 10.2. The van der Waals surface area contributed by atoms with Crippen LogP contribution in [0.5, 0.6) is 11.5 Å². The van der Waals surface area contributed by atoms with Crippen LogP contribution in [0.4, 0.5) is 0 Å². The van der Waals surface area contributed by atoms with E-state index in [0.717, 1.165) is 62.9 Å². The molecule has 0 aromatic heterocycles. The summed E-state index contributed by atoms with van der Waals surface area (Å²) in [4.78, 5) is 16.7. The minimum atomic E-state index is 0.0272. The van der Waals surface area contributed by atoms with E-state index < -0.39 is 0 Å². The molecule has 1 heterocycles. The highest BCUT2D eigenvalue weighted by atomic mass is 35.5. The highest BCUT2D eigenvalue weighted by Gasteiger charge is 2.21. The highest BCUT2D eigenvalue weighted by Crippen LogP contribution is 2.18. The second kappa shape index (κ2) is 11.1. The van der Waals surface area contributed by atoms with Crippen LogP contribution in [0.2, 0.25) is 5.02 Å². The molecule has 0 atom stereocenters. The van der Waals surface area contributed by atoms with Crippen molar-refractivity contribution in [1.82, 2.24) is 9.80 Å². The van der Waals surface area contributed by atoms with Crippen molar-refractivity contribution in [3.63, 3.8) is 0 Å². The Morgan fingerprint density at radius 1 is 0.931 bits per heavy atom. The molecule has 1 saturated heterocycles. The lowest BCUT2D eigenvalue weighted by molar-refractivity contribution is -0.135. The van der Waals surface area contributed by atoms with Gasteiger partial charge in [0.05, 0.1) is 6.61 Å². The maximum absolute atomic E-state index is 12.5. The van der Waals surface area contributed by atoms with E-state index in [1.54, 1.807) is 0 Å². The summed E-state index contributed by atoms with van der Waals surface area (Å²) in [5, 5.41) is 0.753. The van der Waals surface area contributed by atoms with E-state index in [-0.39, 0.29) is 12.5 Å². The molecule has 156 valence electrons. The van der Waals surface area contributed by atoms with E-state index in [0.29, 0.717) is 5.75 Å². The average Bonchev–Trinajstić information content (AvgIpc) is 2.75. The number of hydrogen-bond acceptors (Lipinski definition) is 4. The number of piperazine rings is 1. The first kappa shape index (κ1) is 21.5. The molecule has 1 aliphatic heterocycles. The van der Waals surface area contributed by atoms with Crippen molar-refractivity contribution < 1.29 is 14.3 Å². The van der Waals surface area contributed by atoms with E-state index in [2.05, 4.69) is 11.8 Å². The summed E-state index contributed by atoms with van der Waals surface area (Å²) in [6, 6.07) is 15.4. The quantitative estimate of drug-likeness (QED) is 0.573. The number of hydrogen-bond donors (Lipinski definition) is 0. The van der Waals surface area contributed by atoms with Crippen molar-refractivity contribution in [3.8, 4) is 11.5 Å². The normalized spacial score (nSPS) is 14.6. The maximum atomic E-state index is 12.5. The first-order chi connectivity index (χ1) is 14.1. The zero-order valence-corrected chi connectivity index (χ0v) is 17.7. The Bertz CT molecular complexity index is 757. The Morgan fingerprint density at radius 2 is 1.55 bits per heavy atom. The number of halogens is 1. The second-order valence-electron chi connectivity index (χ2n) is 7.25. The van der Waals surface area contributed by atoms with Gasteiger partial charge < -0.3 is 14.4 Å². The third-order valence-corrected chi connectivity index (χ3v) is 5.25. The molecule has 0 unspecified atom stereocenters. The van der Waals surface area contributed by atoms with Gasteiger partial charge in [0.25, 0.3) is 5.91 Å². The van der Waals surface area contributed by atoms with Gasteiger partial charge in [-0.3, -0.25) is 9.69 Å². The summed E-state index contributed by atoms with van der Waals surface area (Å²) >= 11 is 5.94. The van der Waals surface area contributed by atoms with Crippen molar-refractivity contribution in [2.75, 3.05) is 39.4 Å². The minimum absolute atomic E-state index is 0.0272. The van der Waals surface area contributed by atoms with Crippen molar-refractivity contribution in [1.29, 1.82) is 0 Å². The standard InChI is InChI=1S/C23H29ClN2O3/c1-2-3-16-28-21-8-10-22(11-9-21)29-18-23(27)26-14-12-25(13-15-26)17-19-4-6-20(24)7-5-19/h4-11H,2-3,12-18H2,1H3. The fourth-order valence-corrected chi connectivity index (χ4v) is 3.33. The topological polar surface area (TPSA) is 42.0 Å². The number of nitrogens with zero attached hydrogens (tertiary/aromatic N) is 2. The SMILES string of the molecule is CCCCOc1ccc(OCC(=O)N2CCN(Cc3ccc(Cl)cc3)CC2)cc1. The number of carbonyl (C=O) groups is 1. The summed E-state index contributed by atoms with van der Waals surface area (Å²) in [5.41, 5.74) is 1.24. The summed E-state index contributed by atoms with van der Waals surface area (Å²) in [6.45, 7) is 6.96.